The molecule has 0 fully saturated rings. The van der Waals surface area contributed by atoms with Crippen LogP contribution >= 0.6 is 11.8 Å². The first-order valence-corrected chi connectivity index (χ1v) is 5.72. The lowest BCUT2D eigenvalue weighted by Crippen LogP contribution is -2.26. The van der Waals surface area contributed by atoms with Gasteiger partial charge in [0.15, 0.2) is 0 Å². The molecule has 0 amide bonds. The van der Waals surface area contributed by atoms with Gasteiger partial charge in [0.25, 0.3) is 0 Å². The Bertz CT molecular complexity index is 661. The fraction of sp³-hybridized carbons (Fsp3) is 0.0909. The van der Waals surface area contributed by atoms with E-state index in [0.29, 0.717) is 11.9 Å². The van der Waals surface area contributed by atoms with Crippen molar-refractivity contribution < 1.29 is 13.2 Å². The number of hydrogen-bond donors (Lipinski definition) is 4. The zero-order chi connectivity index (χ0) is 14.8. The topological polar surface area (TPSA) is 76.6 Å². The first-order valence-electron chi connectivity index (χ1n) is 5.34. The summed E-state index contributed by atoms with van der Waals surface area (Å²) in [4.78, 5) is 1.76. The number of amidine groups is 1. The van der Waals surface area contributed by atoms with Gasteiger partial charge in [-0.3, -0.25) is 10.5 Å². The third kappa shape index (κ3) is 3.02. The molecule has 0 spiro atoms. The summed E-state index contributed by atoms with van der Waals surface area (Å²) >= 11 is 5.05. The second kappa shape index (κ2) is 5.41. The highest BCUT2D eigenvalue weighted by Crippen LogP contribution is 2.27. The Morgan fingerprint density at radius 3 is 2.80 bits per heavy atom. The van der Waals surface area contributed by atoms with Crippen molar-refractivity contribution in [3.8, 4) is 0 Å². The van der Waals surface area contributed by atoms with Crippen molar-refractivity contribution in [2.24, 2.45) is 0 Å². The number of anilines is 1. The van der Waals surface area contributed by atoms with Crippen molar-refractivity contribution in [2.75, 3.05) is 5.32 Å². The van der Waals surface area contributed by atoms with Crippen molar-refractivity contribution in [3.63, 3.8) is 0 Å². The van der Waals surface area contributed by atoms with Crippen molar-refractivity contribution in [1.82, 2.24) is 15.0 Å². The number of rotatable bonds is 3. The molecule has 4 N–H and O–H groups in total. The number of alkyl halides is 3. The van der Waals surface area contributed by atoms with Crippen LogP contribution in [-0.2, 0) is 0 Å². The van der Waals surface area contributed by atoms with Gasteiger partial charge in [0, 0.05) is 29.1 Å². The Kier molecular flexibility index (Phi) is 3.84. The zero-order valence-corrected chi connectivity index (χ0v) is 10.6. The number of hydrogen-bond acceptors (Lipinski definition) is 3. The quantitative estimate of drug-likeness (QED) is 0.400. The summed E-state index contributed by atoms with van der Waals surface area (Å²) in [5.41, 5.74) is -0.121. The Labute approximate surface area is 116 Å². The van der Waals surface area contributed by atoms with Gasteiger partial charge in [-0.25, -0.2) is 0 Å². The number of nitrogens with one attached hydrogen (secondary N) is 4. The van der Waals surface area contributed by atoms with Crippen LogP contribution in [0.5, 0.6) is 0 Å². The largest absolute Gasteiger partial charge is 0.421 e. The summed E-state index contributed by atoms with van der Waals surface area (Å²) in [6, 6.07) is 4.77. The van der Waals surface area contributed by atoms with E-state index in [1.165, 1.54) is 12.3 Å². The molecule has 106 valence electrons. The molecule has 0 aliphatic rings. The van der Waals surface area contributed by atoms with Crippen LogP contribution in [0.15, 0.2) is 36.2 Å². The van der Waals surface area contributed by atoms with E-state index in [0.717, 1.165) is 10.9 Å². The van der Waals surface area contributed by atoms with Crippen molar-refractivity contribution in [3.05, 3.63) is 36.2 Å². The lowest BCUT2D eigenvalue weighted by atomic mass is 10.2. The molecule has 1 heterocycles. The minimum Gasteiger partial charge on any atom is -0.340 e. The second-order valence-corrected chi connectivity index (χ2v) is 4.06. The highest BCUT2D eigenvalue weighted by Gasteiger charge is 2.36. The predicted octanol–water partition coefficient (Wildman–Crippen LogP) is 3.14. The molecule has 2 aromatic rings. The molecule has 0 aliphatic heterocycles. The van der Waals surface area contributed by atoms with Gasteiger partial charge in [0.1, 0.15) is 11.4 Å². The van der Waals surface area contributed by atoms with E-state index in [2.05, 4.69) is 15.5 Å². The van der Waals surface area contributed by atoms with Gasteiger partial charge in [-0.05, 0) is 18.2 Å². The van der Waals surface area contributed by atoms with Crippen LogP contribution < -0.4 is 10.2 Å². The van der Waals surface area contributed by atoms with Crippen molar-refractivity contribution in [1.29, 1.82) is 5.41 Å². The molecule has 0 atom stereocenters. The monoisotopic (exact) mass is 303 g/mol. The van der Waals surface area contributed by atoms with Crippen LogP contribution in [0.2, 0.25) is 0 Å². The third-order valence-corrected chi connectivity index (χ3v) is 2.59. The average molecular weight is 304 g/mol. The van der Waals surface area contributed by atoms with Gasteiger partial charge in [-0.15, -0.1) is 0 Å². The summed E-state index contributed by atoms with van der Waals surface area (Å²) in [6.45, 7) is 0. The van der Waals surface area contributed by atoms with Crippen LogP contribution in [0.3, 0.4) is 0 Å². The van der Waals surface area contributed by atoms with Gasteiger partial charge in [-0.2, -0.15) is 18.3 Å². The number of fused-ring (bicyclic) bond motifs is 1. The summed E-state index contributed by atoms with van der Waals surface area (Å²) < 4.78 is 38.1. The zero-order valence-electron chi connectivity index (χ0n) is 9.85. The van der Waals surface area contributed by atoms with Crippen LogP contribution in [-0.4, -0.2) is 22.2 Å². The van der Waals surface area contributed by atoms with E-state index in [1.54, 1.807) is 17.0 Å². The van der Waals surface area contributed by atoms with Gasteiger partial charge in [-0.1, -0.05) is 0 Å². The lowest BCUT2D eigenvalue weighted by molar-refractivity contribution is -0.0863. The molecule has 0 bridgehead atoms. The normalized spacial score (nSPS) is 12.5. The molecule has 0 aliphatic carbocycles. The average Bonchev–Trinajstić information content (AvgIpc) is 2.81. The van der Waals surface area contributed by atoms with Crippen molar-refractivity contribution >= 4 is 34.2 Å². The highest BCUT2D eigenvalue weighted by molar-refractivity contribution is 6.15. The van der Waals surface area contributed by atoms with Gasteiger partial charge in [0.05, 0.1) is 11.7 Å². The summed E-state index contributed by atoms with van der Waals surface area (Å²) in [7, 11) is 0. The minimum absolute atomic E-state index is 0.341. The summed E-state index contributed by atoms with van der Waals surface area (Å²) in [5.74, 6) is -0.812. The van der Waals surface area contributed by atoms with Crippen LogP contribution in [0.1, 0.15) is 0 Å². The molecular weight excluding hydrogens is 295 g/mol. The standard InChI is InChI=1S/C11H9ClF3N5/c12-17-5-8(11(13,14)15)10(16)19-7-1-2-9-6(3-7)4-18-20-9/h1-5,17H,(H2,16,19)(H,18,20)/b8-5+. The van der Waals surface area contributed by atoms with Crippen LogP contribution in [0.4, 0.5) is 18.9 Å². The molecule has 0 saturated carbocycles. The van der Waals surface area contributed by atoms with Crippen LogP contribution in [0.25, 0.3) is 10.9 Å². The van der Waals surface area contributed by atoms with Gasteiger partial charge >= 0.3 is 6.18 Å². The molecule has 0 radical (unpaired) electrons. The Morgan fingerprint density at radius 2 is 2.15 bits per heavy atom. The molecule has 0 saturated heterocycles. The number of halogens is 4. The Morgan fingerprint density at radius 1 is 1.40 bits per heavy atom. The molecular formula is C11H9ClF3N5. The van der Waals surface area contributed by atoms with E-state index >= 15 is 0 Å². The van der Waals surface area contributed by atoms with E-state index < -0.39 is 17.6 Å². The Balaban J connectivity index is 2.23. The number of benzene rings is 1. The summed E-state index contributed by atoms with van der Waals surface area (Å²) in [6.07, 6.45) is -2.65. The molecule has 1 aromatic heterocycles. The first kappa shape index (κ1) is 14.2. The fourth-order valence-electron chi connectivity index (χ4n) is 1.58. The number of H-pyrrole nitrogens is 1. The van der Waals surface area contributed by atoms with Crippen LogP contribution in [0, 0.1) is 5.41 Å². The maximum absolute atomic E-state index is 12.7. The van der Waals surface area contributed by atoms with Gasteiger partial charge in [0.2, 0.25) is 0 Å². The molecule has 0 unspecified atom stereocenters. The first-order chi connectivity index (χ1) is 9.41. The molecule has 1 aromatic carbocycles. The van der Waals surface area contributed by atoms with E-state index in [1.807, 2.05) is 0 Å². The molecule has 2 rings (SSSR count). The van der Waals surface area contributed by atoms with E-state index in [9.17, 15) is 13.2 Å². The highest BCUT2D eigenvalue weighted by atomic mass is 35.5. The maximum atomic E-state index is 12.7. The number of aromatic amines is 1. The van der Waals surface area contributed by atoms with E-state index in [4.69, 9.17) is 17.2 Å². The maximum Gasteiger partial charge on any atom is 0.421 e. The SMILES string of the molecule is N=C(Nc1ccc2[nH]ncc2c1)/C(=C\NCl)C(F)(F)F. The number of nitrogens with zero attached hydrogens (tertiary/aromatic N) is 1. The van der Waals surface area contributed by atoms with Crippen molar-refractivity contribution in [2.45, 2.75) is 6.18 Å². The second-order valence-electron chi connectivity index (χ2n) is 3.84. The fourth-order valence-corrected chi connectivity index (χ4v) is 1.69. The smallest absolute Gasteiger partial charge is 0.340 e. The molecule has 20 heavy (non-hydrogen) atoms. The molecule has 9 heteroatoms. The minimum atomic E-state index is -4.69. The van der Waals surface area contributed by atoms with E-state index in [-0.39, 0.29) is 0 Å². The molecule has 5 nitrogen and oxygen atoms in total. The van der Waals surface area contributed by atoms with Gasteiger partial charge < -0.3 is 10.2 Å². The third-order valence-electron chi connectivity index (χ3n) is 2.48. The lowest BCUT2D eigenvalue weighted by Gasteiger charge is -2.14. The Hall–Kier alpha value is -2.22. The number of aromatic nitrogens is 2. The summed E-state index contributed by atoms with van der Waals surface area (Å²) in [5, 5.41) is 17.1. The predicted molar refractivity (Wildman–Crippen MR) is 70.6 cm³/mol.